The van der Waals surface area contributed by atoms with Gasteiger partial charge in [-0.2, -0.15) is 8.78 Å². The second-order valence-corrected chi connectivity index (χ2v) is 4.80. The number of hydrogen-bond donors (Lipinski definition) is 1. The number of imidazole rings is 1. The van der Waals surface area contributed by atoms with Gasteiger partial charge in [0.1, 0.15) is 5.82 Å². The Hall–Kier alpha value is -2.35. The van der Waals surface area contributed by atoms with Crippen LogP contribution >= 0.6 is 0 Å². The van der Waals surface area contributed by atoms with Crippen molar-refractivity contribution in [1.29, 1.82) is 0 Å². The number of aromatic nitrogens is 3. The standard InChI is InChI=1S/C14H17F2N5O/c1-20(9-12-18-6-7-21(12)14(15)16)10-13(22)19-8-11-4-2-3-5-17-11/h2-7,14H,8-10H2,1H3,(H,19,22). The molecule has 0 fully saturated rings. The minimum absolute atomic E-state index is 0.0862. The van der Waals surface area contributed by atoms with E-state index >= 15 is 0 Å². The highest BCUT2D eigenvalue weighted by molar-refractivity contribution is 5.77. The molecule has 6 nitrogen and oxygen atoms in total. The largest absolute Gasteiger partial charge is 0.349 e. The molecule has 0 bridgehead atoms. The first-order valence-corrected chi connectivity index (χ1v) is 6.71. The van der Waals surface area contributed by atoms with Crippen molar-refractivity contribution < 1.29 is 13.6 Å². The molecule has 2 aromatic rings. The molecule has 2 aromatic heterocycles. The summed E-state index contributed by atoms with van der Waals surface area (Å²) in [5, 5.41) is 2.73. The van der Waals surface area contributed by atoms with Crippen LogP contribution in [-0.2, 0) is 17.9 Å². The average molecular weight is 309 g/mol. The van der Waals surface area contributed by atoms with E-state index in [1.165, 1.54) is 12.4 Å². The van der Waals surface area contributed by atoms with Gasteiger partial charge >= 0.3 is 6.55 Å². The van der Waals surface area contributed by atoms with Crippen LogP contribution in [-0.4, -0.2) is 38.9 Å². The highest BCUT2D eigenvalue weighted by Crippen LogP contribution is 2.13. The van der Waals surface area contributed by atoms with Crippen LogP contribution in [0.25, 0.3) is 0 Å². The number of alkyl halides is 2. The number of hydrogen-bond acceptors (Lipinski definition) is 4. The zero-order valence-electron chi connectivity index (χ0n) is 12.1. The maximum absolute atomic E-state index is 12.7. The van der Waals surface area contributed by atoms with Crippen LogP contribution in [0, 0.1) is 0 Å². The van der Waals surface area contributed by atoms with E-state index in [1.54, 1.807) is 24.2 Å². The number of carbonyl (C=O) groups excluding carboxylic acids is 1. The van der Waals surface area contributed by atoms with Gasteiger partial charge in [0.25, 0.3) is 0 Å². The average Bonchev–Trinajstić information content (AvgIpc) is 2.94. The zero-order valence-corrected chi connectivity index (χ0v) is 12.1. The molecule has 1 amide bonds. The SMILES string of the molecule is CN(CC(=O)NCc1ccccn1)Cc1nccn1C(F)F. The molecule has 0 spiro atoms. The first-order chi connectivity index (χ1) is 10.6. The van der Waals surface area contributed by atoms with E-state index in [0.29, 0.717) is 6.54 Å². The fourth-order valence-corrected chi connectivity index (χ4v) is 1.93. The van der Waals surface area contributed by atoms with Crippen molar-refractivity contribution in [2.24, 2.45) is 0 Å². The number of pyridine rings is 1. The Bertz CT molecular complexity index is 602. The molecular formula is C14H17F2N5O. The molecule has 22 heavy (non-hydrogen) atoms. The Balaban J connectivity index is 1.80. The van der Waals surface area contributed by atoms with Crippen molar-refractivity contribution in [3.8, 4) is 0 Å². The summed E-state index contributed by atoms with van der Waals surface area (Å²) in [6.07, 6.45) is 4.18. The number of nitrogens with one attached hydrogen (secondary N) is 1. The molecular weight excluding hydrogens is 292 g/mol. The Labute approximate surface area is 126 Å². The Kier molecular flexibility index (Phi) is 5.54. The van der Waals surface area contributed by atoms with Crippen LogP contribution in [0.2, 0.25) is 0 Å². The van der Waals surface area contributed by atoms with Gasteiger partial charge in [-0.1, -0.05) is 6.07 Å². The van der Waals surface area contributed by atoms with Crippen LogP contribution in [0.5, 0.6) is 0 Å². The Morgan fingerprint density at radius 3 is 2.86 bits per heavy atom. The van der Waals surface area contributed by atoms with Crippen LogP contribution in [0.3, 0.4) is 0 Å². The summed E-state index contributed by atoms with van der Waals surface area (Å²) in [4.78, 5) is 21.4. The summed E-state index contributed by atoms with van der Waals surface area (Å²) in [6.45, 7) is -2.06. The smallest absolute Gasteiger partial charge is 0.319 e. The van der Waals surface area contributed by atoms with E-state index in [1.807, 2.05) is 12.1 Å². The van der Waals surface area contributed by atoms with Gasteiger partial charge in [-0.25, -0.2) is 4.98 Å². The van der Waals surface area contributed by atoms with Gasteiger partial charge in [-0.3, -0.25) is 19.2 Å². The first kappa shape index (κ1) is 16.0. The molecule has 0 atom stereocenters. The van der Waals surface area contributed by atoms with Crippen molar-refractivity contribution >= 4 is 5.91 Å². The molecule has 0 saturated carbocycles. The lowest BCUT2D eigenvalue weighted by Gasteiger charge is -2.16. The van der Waals surface area contributed by atoms with Gasteiger partial charge in [0.15, 0.2) is 0 Å². The highest BCUT2D eigenvalue weighted by Gasteiger charge is 2.14. The van der Waals surface area contributed by atoms with Crippen LogP contribution < -0.4 is 5.32 Å². The molecule has 0 unspecified atom stereocenters. The summed E-state index contributed by atoms with van der Waals surface area (Å²) in [5.74, 6) is 0.0123. The second kappa shape index (κ2) is 7.60. The lowest BCUT2D eigenvalue weighted by Crippen LogP contribution is -2.35. The van der Waals surface area contributed by atoms with E-state index in [4.69, 9.17) is 0 Å². The molecule has 0 aliphatic carbocycles. The Morgan fingerprint density at radius 2 is 2.18 bits per heavy atom. The van der Waals surface area contributed by atoms with Gasteiger partial charge in [0, 0.05) is 18.6 Å². The first-order valence-electron chi connectivity index (χ1n) is 6.71. The third kappa shape index (κ3) is 4.59. The van der Waals surface area contributed by atoms with E-state index in [0.717, 1.165) is 10.3 Å². The molecule has 0 aliphatic heterocycles. The third-order valence-electron chi connectivity index (χ3n) is 2.98. The number of carbonyl (C=O) groups is 1. The van der Waals surface area contributed by atoms with Crippen molar-refractivity contribution in [2.75, 3.05) is 13.6 Å². The molecule has 1 N–H and O–H groups in total. The molecule has 2 heterocycles. The zero-order chi connectivity index (χ0) is 15.9. The van der Waals surface area contributed by atoms with Crippen LogP contribution in [0.15, 0.2) is 36.8 Å². The second-order valence-electron chi connectivity index (χ2n) is 4.80. The van der Waals surface area contributed by atoms with Crippen molar-refractivity contribution in [1.82, 2.24) is 24.8 Å². The molecule has 0 aliphatic rings. The predicted octanol–water partition coefficient (Wildman–Crippen LogP) is 1.42. The third-order valence-corrected chi connectivity index (χ3v) is 2.98. The fourth-order valence-electron chi connectivity index (χ4n) is 1.93. The minimum atomic E-state index is -2.64. The summed E-state index contributed by atoms with van der Waals surface area (Å²) in [7, 11) is 1.67. The maximum atomic E-state index is 12.7. The fraction of sp³-hybridized carbons (Fsp3) is 0.357. The van der Waals surface area contributed by atoms with Crippen molar-refractivity contribution in [3.63, 3.8) is 0 Å². The molecule has 8 heteroatoms. The normalized spacial score (nSPS) is 11.1. The lowest BCUT2D eigenvalue weighted by atomic mass is 10.3. The van der Waals surface area contributed by atoms with E-state index in [9.17, 15) is 13.6 Å². The number of likely N-dealkylation sites (N-methyl/N-ethyl adjacent to an activating group) is 1. The lowest BCUT2D eigenvalue weighted by molar-refractivity contribution is -0.122. The summed E-state index contributed by atoms with van der Waals surface area (Å²) in [6, 6.07) is 5.44. The monoisotopic (exact) mass is 309 g/mol. The highest BCUT2D eigenvalue weighted by atomic mass is 19.3. The van der Waals surface area contributed by atoms with Gasteiger partial charge < -0.3 is 5.32 Å². The quantitative estimate of drug-likeness (QED) is 0.840. The van der Waals surface area contributed by atoms with Gasteiger partial charge in [-0.05, 0) is 19.2 Å². The molecule has 0 saturated heterocycles. The topological polar surface area (TPSA) is 63.1 Å². The van der Waals surface area contributed by atoms with Crippen molar-refractivity contribution in [3.05, 3.63) is 48.3 Å². The van der Waals surface area contributed by atoms with Crippen LogP contribution in [0.1, 0.15) is 18.1 Å². The summed E-state index contributed by atoms with van der Waals surface area (Å²) < 4.78 is 26.2. The van der Waals surface area contributed by atoms with E-state index in [-0.39, 0.29) is 24.8 Å². The predicted molar refractivity (Wildman–Crippen MR) is 75.9 cm³/mol. The summed E-state index contributed by atoms with van der Waals surface area (Å²) in [5.41, 5.74) is 0.756. The van der Waals surface area contributed by atoms with Gasteiger partial charge in [0.2, 0.25) is 5.91 Å². The van der Waals surface area contributed by atoms with E-state index in [2.05, 4.69) is 15.3 Å². The van der Waals surface area contributed by atoms with Crippen LogP contribution in [0.4, 0.5) is 8.78 Å². The Morgan fingerprint density at radius 1 is 1.36 bits per heavy atom. The van der Waals surface area contributed by atoms with Gasteiger partial charge in [0.05, 0.1) is 25.3 Å². The number of amides is 1. The van der Waals surface area contributed by atoms with Gasteiger partial charge in [-0.15, -0.1) is 0 Å². The maximum Gasteiger partial charge on any atom is 0.319 e. The number of halogens is 2. The molecule has 0 radical (unpaired) electrons. The minimum Gasteiger partial charge on any atom is -0.349 e. The molecule has 118 valence electrons. The molecule has 0 aromatic carbocycles. The van der Waals surface area contributed by atoms with E-state index < -0.39 is 6.55 Å². The summed E-state index contributed by atoms with van der Waals surface area (Å²) >= 11 is 0. The number of rotatable bonds is 7. The number of nitrogens with zero attached hydrogens (tertiary/aromatic N) is 4. The molecule has 2 rings (SSSR count). The van der Waals surface area contributed by atoms with Crippen molar-refractivity contribution in [2.45, 2.75) is 19.6 Å².